The maximum atomic E-state index is 8.58. The number of rotatable bonds is 6. The van der Waals surface area contributed by atoms with Crippen molar-refractivity contribution in [3.63, 3.8) is 0 Å². The van der Waals surface area contributed by atoms with Crippen LogP contribution in [-0.2, 0) is 4.74 Å². The highest BCUT2D eigenvalue weighted by Crippen LogP contribution is 2.23. The molecule has 2 rings (SSSR count). The quantitative estimate of drug-likeness (QED) is 0.806. The van der Waals surface area contributed by atoms with Crippen LogP contribution in [0.3, 0.4) is 0 Å². The van der Waals surface area contributed by atoms with Crippen LogP contribution in [0, 0.1) is 0 Å². The van der Waals surface area contributed by atoms with E-state index in [9.17, 15) is 0 Å². The molecule has 18 heavy (non-hydrogen) atoms. The van der Waals surface area contributed by atoms with Crippen molar-refractivity contribution in [1.82, 2.24) is 0 Å². The monoisotopic (exact) mass is 260 g/mol. The maximum Gasteiger partial charge on any atom is 0.0701 e. The molecule has 0 aliphatic heterocycles. The zero-order valence-electron chi connectivity index (χ0n) is 10.1. The Hall–Kier alpha value is -1.42. The van der Waals surface area contributed by atoms with E-state index in [1.54, 1.807) is 11.3 Å². The van der Waals surface area contributed by atoms with E-state index in [2.05, 4.69) is 41.1 Å². The molecular formula is C15H16O2S. The smallest absolute Gasteiger partial charge is 0.0701 e. The Morgan fingerprint density at radius 3 is 2.94 bits per heavy atom. The first kappa shape index (κ1) is 13.0. The molecule has 0 bridgehead atoms. The van der Waals surface area contributed by atoms with Crippen LogP contribution < -0.4 is 0 Å². The van der Waals surface area contributed by atoms with Gasteiger partial charge in [-0.1, -0.05) is 30.4 Å². The van der Waals surface area contributed by atoms with Crippen molar-refractivity contribution in [3.8, 4) is 11.1 Å². The highest BCUT2D eigenvalue weighted by molar-refractivity contribution is 7.08. The summed E-state index contributed by atoms with van der Waals surface area (Å²) in [5.41, 5.74) is 3.65. The van der Waals surface area contributed by atoms with E-state index in [1.807, 2.05) is 12.2 Å². The van der Waals surface area contributed by atoms with Crippen LogP contribution in [0.2, 0.25) is 0 Å². The summed E-state index contributed by atoms with van der Waals surface area (Å²) in [5, 5.41) is 12.8. The summed E-state index contributed by atoms with van der Waals surface area (Å²) in [5.74, 6) is 0. The van der Waals surface area contributed by atoms with Crippen molar-refractivity contribution < 1.29 is 9.84 Å². The van der Waals surface area contributed by atoms with Crippen LogP contribution in [0.5, 0.6) is 0 Å². The average molecular weight is 260 g/mol. The second-order valence-electron chi connectivity index (χ2n) is 3.84. The van der Waals surface area contributed by atoms with Gasteiger partial charge < -0.3 is 9.84 Å². The molecule has 2 aromatic rings. The molecule has 3 heteroatoms. The van der Waals surface area contributed by atoms with Crippen molar-refractivity contribution in [2.75, 3.05) is 19.8 Å². The molecule has 0 spiro atoms. The standard InChI is InChI=1S/C15H16O2S/c16-7-9-17-8-2-4-13-3-1-5-14(11-13)15-6-10-18-12-15/h1-6,10-12,16H,7-9H2/b4-2+. The topological polar surface area (TPSA) is 29.5 Å². The lowest BCUT2D eigenvalue weighted by molar-refractivity contribution is 0.112. The first-order chi connectivity index (χ1) is 8.90. The van der Waals surface area contributed by atoms with E-state index < -0.39 is 0 Å². The van der Waals surface area contributed by atoms with Crippen LogP contribution in [0.25, 0.3) is 17.2 Å². The van der Waals surface area contributed by atoms with E-state index in [-0.39, 0.29) is 6.61 Å². The molecule has 0 unspecified atom stereocenters. The molecule has 1 aromatic heterocycles. The molecule has 0 radical (unpaired) electrons. The average Bonchev–Trinajstić information content (AvgIpc) is 2.93. The Bertz CT molecular complexity index is 489. The second-order valence-corrected chi connectivity index (χ2v) is 4.62. The van der Waals surface area contributed by atoms with Crippen LogP contribution in [0.1, 0.15) is 5.56 Å². The predicted molar refractivity (Wildman–Crippen MR) is 76.7 cm³/mol. The van der Waals surface area contributed by atoms with Crippen LogP contribution in [0.4, 0.5) is 0 Å². The molecule has 0 saturated carbocycles. The van der Waals surface area contributed by atoms with Gasteiger partial charge in [-0.3, -0.25) is 0 Å². The molecule has 2 nitrogen and oxygen atoms in total. The minimum absolute atomic E-state index is 0.0709. The zero-order valence-corrected chi connectivity index (χ0v) is 10.9. The van der Waals surface area contributed by atoms with Gasteiger partial charge in [-0.05, 0) is 39.6 Å². The third-order valence-electron chi connectivity index (χ3n) is 2.50. The minimum atomic E-state index is 0.0709. The summed E-state index contributed by atoms with van der Waals surface area (Å²) in [6, 6.07) is 10.5. The van der Waals surface area contributed by atoms with Gasteiger partial charge in [-0.15, -0.1) is 0 Å². The molecule has 0 aliphatic rings. The summed E-state index contributed by atoms with van der Waals surface area (Å²) < 4.78 is 5.17. The van der Waals surface area contributed by atoms with Crippen LogP contribution >= 0.6 is 11.3 Å². The van der Waals surface area contributed by atoms with Crippen molar-refractivity contribution in [2.24, 2.45) is 0 Å². The predicted octanol–water partition coefficient (Wildman–Crippen LogP) is 3.44. The van der Waals surface area contributed by atoms with Gasteiger partial charge in [0, 0.05) is 0 Å². The molecule has 0 atom stereocenters. The normalized spacial score (nSPS) is 11.2. The first-order valence-corrected chi connectivity index (χ1v) is 6.82. The summed E-state index contributed by atoms with van der Waals surface area (Å²) in [6.45, 7) is 0.990. The number of aliphatic hydroxyl groups excluding tert-OH is 1. The Labute approximate surface area is 111 Å². The number of hydrogen-bond acceptors (Lipinski definition) is 3. The van der Waals surface area contributed by atoms with Crippen molar-refractivity contribution >= 4 is 17.4 Å². The fourth-order valence-electron chi connectivity index (χ4n) is 1.65. The molecule has 0 aliphatic carbocycles. The van der Waals surface area contributed by atoms with Crippen molar-refractivity contribution in [1.29, 1.82) is 0 Å². The number of thiophene rings is 1. The third kappa shape index (κ3) is 3.81. The summed E-state index contributed by atoms with van der Waals surface area (Å²) in [6.07, 6.45) is 4.00. The Morgan fingerprint density at radius 2 is 2.17 bits per heavy atom. The largest absolute Gasteiger partial charge is 0.394 e. The molecule has 1 N–H and O–H groups in total. The number of benzene rings is 1. The van der Waals surface area contributed by atoms with Gasteiger partial charge in [0.05, 0.1) is 19.8 Å². The molecule has 94 valence electrons. The van der Waals surface area contributed by atoms with E-state index in [0.29, 0.717) is 13.2 Å². The van der Waals surface area contributed by atoms with E-state index >= 15 is 0 Å². The highest BCUT2D eigenvalue weighted by Gasteiger charge is 1.97. The first-order valence-electron chi connectivity index (χ1n) is 5.88. The number of hydrogen-bond donors (Lipinski definition) is 1. The maximum absolute atomic E-state index is 8.58. The van der Waals surface area contributed by atoms with E-state index in [4.69, 9.17) is 9.84 Å². The lowest BCUT2D eigenvalue weighted by atomic mass is 10.1. The van der Waals surface area contributed by atoms with Gasteiger partial charge in [0.15, 0.2) is 0 Å². The number of ether oxygens (including phenoxy) is 1. The summed E-state index contributed by atoms with van der Waals surface area (Å²) in [7, 11) is 0. The summed E-state index contributed by atoms with van der Waals surface area (Å²) in [4.78, 5) is 0. The Morgan fingerprint density at radius 1 is 1.22 bits per heavy atom. The second kappa shape index (κ2) is 7.11. The van der Waals surface area contributed by atoms with Gasteiger partial charge in [0.1, 0.15) is 0 Å². The highest BCUT2D eigenvalue weighted by atomic mass is 32.1. The Balaban J connectivity index is 1.99. The fraction of sp³-hybridized carbons (Fsp3) is 0.200. The van der Waals surface area contributed by atoms with Crippen LogP contribution in [0.15, 0.2) is 47.2 Å². The van der Waals surface area contributed by atoms with Crippen LogP contribution in [-0.4, -0.2) is 24.9 Å². The zero-order chi connectivity index (χ0) is 12.6. The molecule has 1 heterocycles. The van der Waals surface area contributed by atoms with Gasteiger partial charge >= 0.3 is 0 Å². The lowest BCUT2D eigenvalue weighted by Gasteiger charge is -2.00. The molecule has 0 fully saturated rings. The SMILES string of the molecule is OCCOC/C=C/c1cccc(-c2ccsc2)c1. The molecule has 0 amide bonds. The Kier molecular flexibility index (Phi) is 5.15. The molecule has 0 saturated heterocycles. The number of aliphatic hydroxyl groups is 1. The summed E-state index contributed by atoms with van der Waals surface area (Å²) >= 11 is 1.71. The third-order valence-corrected chi connectivity index (χ3v) is 3.18. The van der Waals surface area contributed by atoms with Gasteiger partial charge in [0.2, 0.25) is 0 Å². The van der Waals surface area contributed by atoms with Crippen molar-refractivity contribution in [3.05, 3.63) is 52.7 Å². The fourth-order valence-corrected chi connectivity index (χ4v) is 2.32. The lowest BCUT2D eigenvalue weighted by Crippen LogP contribution is -1.97. The van der Waals surface area contributed by atoms with E-state index in [0.717, 1.165) is 5.56 Å². The van der Waals surface area contributed by atoms with E-state index in [1.165, 1.54) is 11.1 Å². The van der Waals surface area contributed by atoms with Gasteiger partial charge in [0.25, 0.3) is 0 Å². The van der Waals surface area contributed by atoms with Gasteiger partial charge in [-0.2, -0.15) is 11.3 Å². The van der Waals surface area contributed by atoms with Gasteiger partial charge in [-0.25, -0.2) is 0 Å². The molecular weight excluding hydrogens is 244 g/mol. The van der Waals surface area contributed by atoms with Crippen molar-refractivity contribution in [2.45, 2.75) is 0 Å². The minimum Gasteiger partial charge on any atom is -0.394 e. The molecule has 1 aromatic carbocycles.